The number of hydrogen-bond acceptors (Lipinski definition) is 1. The Bertz CT molecular complexity index is 167. The van der Waals surface area contributed by atoms with Crippen LogP contribution in [0.5, 0.6) is 0 Å². The summed E-state index contributed by atoms with van der Waals surface area (Å²) in [6, 6.07) is 0. The standard InChI is InChI=1S/C11H21N.C2H6/c1-10-5-3-6-11(9-10)7-4-8-12(11)2;1-2/h10H,3-9H2,1-2H3;1-2H3. The molecular weight excluding hydrogens is 170 g/mol. The third-order valence-electron chi connectivity index (χ3n) is 4.01. The van der Waals surface area contributed by atoms with Crippen LogP contribution in [0.15, 0.2) is 0 Å². The molecule has 1 aliphatic carbocycles. The first kappa shape index (κ1) is 12.0. The van der Waals surface area contributed by atoms with Crippen LogP contribution < -0.4 is 0 Å². The van der Waals surface area contributed by atoms with Gasteiger partial charge in [0.1, 0.15) is 0 Å². The fraction of sp³-hybridized carbons (Fsp3) is 1.00. The summed E-state index contributed by atoms with van der Waals surface area (Å²) in [4.78, 5) is 2.63. The van der Waals surface area contributed by atoms with E-state index in [2.05, 4.69) is 18.9 Å². The van der Waals surface area contributed by atoms with Crippen LogP contribution in [0.4, 0.5) is 0 Å². The van der Waals surface area contributed by atoms with Crippen molar-refractivity contribution in [1.82, 2.24) is 4.90 Å². The van der Waals surface area contributed by atoms with Crippen LogP contribution in [-0.4, -0.2) is 24.0 Å². The van der Waals surface area contributed by atoms with E-state index < -0.39 is 0 Å². The van der Waals surface area contributed by atoms with Gasteiger partial charge < -0.3 is 4.90 Å². The lowest BCUT2D eigenvalue weighted by atomic mass is 9.75. The molecule has 0 aromatic heterocycles. The van der Waals surface area contributed by atoms with Gasteiger partial charge in [0.2, 0.25) is 0 Å². The van der Waals surface area contributed by atoms with Gasteiger partial charge in [-0.05, 0) is 45.2 Å². The summed E-state index contributed by atoms with van der Waals surface area (Å²) in [7, 11) is 2.32. The Morgan fingerprint density at radius 2 is 1.79 bits per heavy atom. The molecule has 0 aromatic carbocycles. The zero-order valence-corrected chi connectivity index (χ0v) is 10.5. The van der Waals surface area contributed by atoms with Crippen LogP contribution in [-0.2, 0) is 0 Å². The van der Waals surface area contributed by atoms with E-state index in [4.69, 9.17) is 0 Å². The molecule has 1 saturated carbocycles. The largest absolute Gasteiger partial charge is 0.301 e. The minimum atomic E-state index is 0.637. The van der Waals surface area contributed by atoms with Crippen LogP contribution in [0.1, 0.15) is 59.3 Å². The van der Waals surface area contributed by atoms with Crippen molar-refractivity contribution < 1.29 is 0 Å². The smallest absolute Gasteiger partial charge is 0.0209 e. The van der Waals surface area contributed by atoms with Crippen LogP contribution in [0, 0.1) is 5.92 Å². The summed E-state index contributed by atoms with van der Waals surface area (Å²) in [5, 5.41) is 0. The van der Waals surface area contributed by atoms with Crippen LogP contribution in [0.3, 0.4) is 0 Å². The maximum atomic E-state index is 2.63. The second-order valence-electron chi connectivity index (χ2n) is 4.95. The SMILES string of the molecule is CC.CC1CCCC2(CCCN2C)C1. The first-order valence-corrected chi connectivity index (χ1v) is 6.44. The minimum Gasteiger partial charge on any atom is -0.301 e. The third-order valence-corrected chi connectivity index (χ3v) is 4.01. The molecule has 1 spiro atoms. The molecular formula is C13H27N. The predicted molar refractivity (Wildman–Crippen MR) is 63.6 cm³/mol. The van der Waals surface area contributed by atoms with Crippen molar-refractivity contribution in [2.45, 2.75) is 64.8 Å². The Morgan fingerprint density at radius 3 is 2.29 bits per heavy atom. The first-order valence-electron chi connectivity index (χ1n) is 6.44. The summed E-state index contributed by atoms with van der Waals surface area (Å²) < 4.78 is 0. The average molecular weight is 197 g/mol. The molecule has 1 nitrogen and oxygen atoms in total. The molecule has 1 aliphatic heterocycles. The highest BCUT2D eigenvalue weighted by atomic mass is 15.2. The number of nitrogens with zero attached hydrogens (tertiary/aromatic N) is 1. The molecule has 2 rings (SSSR count). The van der Waals surface area contributed by atoms with Crippen molar-refractivity contribution in [2.24, 2.45) is 5.92 Å². The van der Waals surface area contributed by atoms with E-state index in [0.717, 1.165) is 5.92 Å². The molecule has 0 aromatic rings. The molecule has 0 bridgehead atoms. The highest BCUT2D eigenvalue weighted by molar-refractivity contribution is 4.97. The van der Waals surface area contributed by atoms with Crippen molar-refractivity contribution in [3.8, 4) is 0 Å². The second-order valence-corrected chi connectivity index (χ2v) is 4.95. The molecule has 84 valence electrons. The van der Waals surface area contributed by atoms with Crippen LogP contribution in [0.25, 0.3) is 0 Å². The molecule has 2 unspecified atom stereocenters. The van der Waals surface area contributed by atoms with E-state index in [9.17, 15) is 0 Å². The first-order chi connectivity index (χ1) is 6.73. The van der Waals surface area contributed by atoms with Gasteiger partial charge in [0, 0.05) is 5.54 Å². The minimum absolute atomic E-state index is 0.637. The zero-order valence-electron chi connectivity index (χ0n) is 10.5. The maximum Gasteiger partial charge on any atom is 0.0209 e. The Labute approximate surface area is 89.9 Å². The van der Waals surface area contributed by atoms with Gasteiger partial charge in [0.25, 0.3) is 0 Å². The summed E-state index contributed by atoms with van der Waals surface area (Å²) in [5.41, 5.74) is 0.637. The molecule has 2 fully saturated rings. The highest BCUT2D eigenvalue weighted by Gasteiger charge is 2.40. The lowest BCUT2D eigenvalue weighted by Gasteiger charge is -2.42. The molecule has 2 atom stereocenters. The third kappa shape index (κ3) is 2.31. The van der Waals surface area contributed by atoms with Gasteiger partial charge >= 0.3 is 0 Å². The average Bonchev–Trinajstić information content (AvgIpc) is 2.51. The van der Waals surface area contributed by atoms with Gasteiger partial charge in [-0.1, -0.05) is 33.6 Å². The van der Waals surface area contributed by atoms with Gasteiger partial charge in [-0.15, -0.1) is 0 Å². The van der Waals surface area contributed by atoms with Crippen LogP contribution in [0.2, 0.25) is 0 Å². The number of likely N-dealkylation sites (tertiary alicyclic amines) is 1. The Hall–Kier alpha value is -0.0400. The molecule has 0 amide bonds. The molecule has 14 heavy (non-hydrogen) atoms. The van der Waals surface area contributed by atoms with Crippen molar-refractivity contribution in [3.05, 3.63) is 0 Å². The van der Waals surface area contributed by atoms with Gasteiger partial charge in [-0.25, -0.2) is 0 Å². The van der Waals surface area contributed by atoms with Crippen LogP contribution >= 0.6 is 0 Å². The van der Waals surface area contributed by atoms with Crippen molar-refractivity contribution in [3.63, 3.8) is 0 Å². The summed E-state index contributed by atoms with van der Waals surface area (Å²) in [6.45, 7) is 7.76. The Balaban J connectivity index is 0.000000461. The van der Waals surface area contributed by atoms with E-state index in [1.165, 1.54) is 45.1 Å². The maximum absolute atomic E-state index is 2.63. The molecule has 1 saturated heterocycles. The van der Waals surface area contributed by atoms with Crippen molar-refractivity contribution in [2.75, 3.05) is 13.6 Å². The second kappa shape index (κ2) is 5.16. The Kier molecular flexibility index (Phi) is 4.43. The number of rotatable bonds is 0. The van der Waals surface area contributed by atoms with E-state index in [0.29, 0.717) is 5.54 Å². The summed E-state index contributed by atoms with van der Waals surface area (Å²) in [6.07, 6.45) is 8.76. The van der Waals surface area contributed by atoms with E-state index in [1.807, 2.05) is 13.8 Å². The quantitative estimate of drug-likeness (QED) is 0.572. The normalized spacial score (nSPS) is 38.1. The molecule has 2 aliphatic rings. The summed E-state index contributed by atoms with van der Waals surface area (Å²) in [5.74, 6) is 0.972. The molecule has 0 N–H and O–H groups in total. The molecule has 0 radical (unpaired) electrons. The molecule has 1 heteroatoms. The number of hydrogen-bond donors (Lipinski definition) is 0. The predicted octanol–water partition coefficient (Wildman–Crippen LogP) is 3.69. The monoisotopic (exact) mass is 197 g/mol. The van der Waals surface area contributed by atoms with E-state index in [1.54, 1.807) is 0 Å². The molecule has 1 heterocycles. The fourth-order valence-electron chi connectivity index (χ4n) is 3.28. The van der Waals surface area contributed by atoms with E-state index >= 15 is 0 Å². The zero-order chi connectivity index (χ0) is 10.6. The Morgan fingerprint density at radius 1 is 1.14 bits per heavy atom. The van der Waals surface area contributed by atoms with E-state index in [-0.39, 0.29) is 0 Å². The highest BCUT2D eigenvalue weighted by Crippen LogP contribution is 2.42. The van der Waals surface area contributed by atoms with Gasteiger partial charge in [0.15, 0.2) is 0 Å². The van der Waals surface area contributed by atoms with Gasteiger partial charge in [-0.3, -0.25) is 0 Å². The van der Waals surface area contributed by atoms with Crippen molar-refractivity contribution >= 4 is 0 Å². The fourth-order valence-corrected chi connectivity index (χ4v) is 3.28. The lowest BCUT2D eigenvalue weighted by Crippen LogP contribution is -2.44. The van der Waals surface area contributed by atoms with Gasteiger partial charge in [0.05, 0.1) is 0 Å². The topological polar surface area (TPSA) is 3.24 Å². The van der Waals surface area contributed by atoms with Gasteiger partial charge in [-0.2, -0.15) is 0 Å². The lowest BCUT2D eigenvalue weighted by molar-refractivity contribution is 0.0942. The summed E-state index contributed by atoms with van der Waals surface area (Å²) >= 11 is 0. The van der Waals surface area contributed by atoms with Crippen molar-refractivity contribution in [1.29, 1.82) is 0 Å².